The van der Waals surface area contributed by atoms with E-state index in [4.69, 9.17) is 33.2 Å². The van der Waals surface area contributed by atoms with Gasteiger partial charge in [-0.15, -0.1) is 0 Å². The minimum Gasteiger partial charge on any atom is -0.493 e. The van der Waals surface area contributed by atoms with E-state index in [9.17, 15) is 13.2 Å². The third kappa shape index (κ3) is 6.29. The number of aliphatic imine (C=N–C) groups is 1. The fourth-order valence-corrected chi connectivity index (χ4v) is 7.03. The quantitative estimate of drug-likeness (QED) is 0.184. The van der Waals surface area contributed by atoms with Gasteiger partial charge in [0.25, 0.3) is 0 Å². The van der Waals surface area contributed by atoms with E-state index in [0.717, 1.165) is 28.5 Å². The first-order valence-corrected chi connectivity index (χ1v) is 16.7. The Bertz CT molecular complexity index is 1720. The fraction of sp³-hybridized carbons (Fsp3) is 0.394. The maximum atomic E-state index is 13.5. The van der Waals surface area contributed by atoms with Gasteiger partial charge in [-0.2, -0.15) is 0 Å². The number of carbonyl (C=O) groups excluding carboxylic acids is 1. The van der Waals surface area contributed by atoms with E-state index in [2.05, 4.69) is 9.71 Å². The van der Waals surface area contributed by atoms with Crippen molar-refractivity contribution in [1.29, 1.82) is 0 Å². The lowest BCUT2D eigenvalue weighted by Crippen LogP contribution is -2.36. The van der Waals surface area contributed by atoms with Crippen molar-refractivity contribution in [2.45, 2.75) is 25.0 Å². The largest absolute Gasteiger partial charge is 0.493 e. The summed E-state index contributed by atoms with van der Waals surface area (Å²) < 4.78 is 67.3. The molecule has 244 valence electrons. The Labute approximate surface area is 267 Å². The van der Waals surface area contributed by atoms with Crippen molar-refractivity contribution in [1.82, 2.24) is 4.72 Å². The lowest BCUT2D eigenvalue weighted by molar-refractivity contribution is -0.141. The third-order valence-electron chi connectivity index (χ3n) is 8.40. The van der Waals surface area contributed by atoms with Crippen LogP contribution in [-0.2, 0) is 30.8 Å². The molecule has 0 radical (unpaired) electrons. The van der Waals surface area contributed by atoms with Crippen molar-refractivity contribution in [3.05, 3.63) is 76.9 Å². The molecule has 0 bridgehead atoms. The molecule has 46 heavy (non-hydrogen) atoms. The topological polar surface area (TPSA) is 140 Å². The molecule has 3 aromatic rings. The smallest absolute Gasteiger partial charge is 0.310 e. The van der Waals surface area contributed by atoms with Crippen LogP contribution in [0, 0.1) is 11.8 Å². The zero-order chi connectivity index (χ0) is 32.4. The van der Waals surface area contributed by atoms with Gasteiger partial charge in [-0.1, -0.05) is 30.3 Å². The predicted molar refractivity (Wildman–Crippen MR) is 167 cm³/mol. The maximum absolute atomic E-state index is 13.5. The van der Waals surface area contributed by atoms with E-state index in [1.54, 1.807) is 14.2 Å². The lowest BCUT2D eigenvalue weighted by Gasteiger charge is -2.39. The number of hydrogen-bond acceptors (Lipinski definition) is 11. The molecule has 12 nitrogen and oxygen atoms in total. The molecule has 0 unspecified atom stereocenters. The van der Waals surface area contributed by atoms with Gasteiger partial charge in [0.15, 0.2) is 23.0 Å². The van der Waals surface area contributed by atoms with Crippen molar-refractivity contribution in [2.75, 3.05) is 47.6 Å². The van der Waals surface area contributed by atoms with Crippen LogP contribution in [0.25, 0.3) is 0 Å². The summed E-state index contributed by atoms with van der Waals surface area (Å²) in [6.07, 6.45) is 0.716. The summed E-state index contributed by atoms with van der Waals surface area (Å²) in [5.41, 5.74) is 3.35. The first-order valence-electron chi connectivity index (χ1n) is 14.8. The SMILES string of the molecule is COc1cc([C@@H]2c3cc4c(cc3[C@@H](OCCC(=NCc3ccccc3)NS(C)(=O)=O)[C@H]3COC(=O)[C@H]23)OCO4)cc(OC)c1OC. The van der Waals surface area contributed by atoms with Gasteiger partial charge >= 0.3 is 5.97 Å². The Kier molecular flexibility index (Phi) is 8.96. The average Bonchev–Trinajstić information content (AvgIpc) is 3.67. The summed E-state index contributed by atoms with van der Waals surface area (Å²) in [5, 5.41) is 0. The van der Waals surface area contributed by atoms with Crippen molar-refractivity contribution < 1.29 is 46.4 Å². The average molecular weight is 653 g/mol. The second-order valence-corrected chi connectivity index (χ2v) is 13.0. The molecule has 1 fully saturated rings. The second kappa shape index (κ2) is 13.1. The van der Waals surface area contributed by atoms with Crippen LogP contribution in [0.1, 0.15) is 40.7 Å². The van der Waals surface area contributed by atoms with Crippen molar-refractivity contribution in [3.8, 4) is 28.7 Å². The molecule has 0 saturated carbocycles. The highest BCUT2D eigenvalue weighted by atomic mass is 32.2. The highest BCUT2D eigenvalue weighted by Gasteiger charge is 2.53. The van der Waals surface area contributed by atoms with Gasteiger partial charge in [0, 0.05) is 18.3 Å². The number of nitrogens with one attached hydrogen (secondary N) is 1. The number of rotatable bonds is 11. The molecule has 3 aromatic carbocycles. The number of benzene rings is 3. The number of carbonyl (C=O) groups is 1. The lowest BCUT2D eigenvalue weighted by atomic mass is 9.66. The molecular weight excluding hydrogens is 616 g/mol. The summed E-state index contributed by atoms with van der Waals surface area (Å²) in [6.45, 7) is 0.657. The van der Waals surface area contributed by atoms with Gasteiger partial charge in [0.1, 0.15) is 5.84 Å². The fourth-order valence-electron chi connectivity index (χ4n) is 6.44. The monoisotopic (exact) mass is 652 g/mol. The predicted octanol–water partition coefficient (Wildman–Crippen LogP) is 3.97. The molecule has 1 aliphatic carbocycles. The Morgan fingerprint density at radius 2 is 1.61 bits per heavy atom. The second-order valence-electron chi connectivity index (χ2n) is 11.3. The van der Waals surface area contributed by atoms with Crippen LogP contribution in [0.15, 0.2) is 59.6 Å². The normalized spacial score (nSPS) is 21.7. The number of methoxy groups -OCH3 is 3. The van der Waals surface area contributed by atoms with Gasteiger partial charge in [-0.05, 0) is 46.5 Å². The summed E-state index contributed by atoms with van der Waals surface area (Å²) in [6, 6.07) is 17.0. The summed E-state index contributed by atoms with van der Waals surface area (Å²) >= 11 is 0. The van der Waals surface area contributed by atoms with Crippen molar-refractivity contribution >= 4 is 21.8 Å². The minimum atomic E-state index is -3.58. The number of esters is 1. The standard InChI is InChI=1S/C33H36N2O10S/c1-39-26-12-20(13-27(40-2)32(26)41-3)29-21-14-24-25(45-18-44-24)15-22(21)31(23-17-43-33(36)30(23)29)42-11-10-28(35-46(4,37)38)34-16-19-8-6-5-7-9-19/h5-9,12-15,23,29-31H,10-11,16-18H2,1-4H3,(H,34,35)/t23-,29+,30-,31+/m0/s1. The van der Waals surface area contributed by atoms with E-state index in [1.807, 2.05) is 54.6 Å². The van der Waals surface area contributed by atoms with Crippen LogP contribution < -0.4 is 28.4 Å². The molecule has 1 saturated heterocycles. The van der Waals surface area contributed by atoms with Crippen LogP contribution in [0.2, 0.25) is 0 Å². The Hall–Kier alpha value is -4.49. The van der Waals surface area contributed by atoms with E-state index < -0.39 is 28.0 Å². The Balaban J connectivity index is 1.36. The number of sulfonamides is 1. The number of nitrogens with zero attached hydrogens (tertiary/aromatic N) is 1. The molecule has 13 heteroatoms. The Morgan fingerprint density at radius 1 is 0.935 bits per heavy atom. The van der Waals surface area contributed by atoms with E-state index in [1.165, 1.54) is 7.11 Å². The van der Waals surface area contributed by atoms with Crippen LogP contribution >= 0.6 is 0 Å². The minimum absolute atomic E-state index is 0.0753. The molecule has 3 aliphatic rings. The van der Waals surface area contributed by atoms with Crippen molar-refractivity contribution in [2.24, 2.45) is 16.8 Å². The number of ether oxygens (including phenoxy) is 7. The molecule has 2 aliphatic heterocycles. The summed E-state index contributed by atoms with van der Waals surface area (Å²) in [5.74, 6) is 1.03. The molecule has 4 atom stereocenters. The van der Waals surface area contributed by atoms with Crippen molar-refractivity contribution in [3.63, 3.8) is 0 Å². The van der Waals surface area contributed by atoms with Gasteiger partial charge in [-0.3, -0.25) is 14.5 Å². The molecule has 0 amide bonds. The van der Waals surface area contributed by atoms with E-state index in [-0.39, 0.29) is 44.2 Å². The highest BCUT2D eigenvalue weighted by Crippen LogP contribution is 2.56. The van der Waals surface area contributed by atoms with Gasteiger partial charge in [0.05, 0.1) is 59.4 Å². The summed E-state index contributed by atoms with van der Waals surface area (Å²) in [4.78, 5) is 18.0. The number of hydrogen-bond donors (Lipinski definition) is 1. The molecule has 2 heterocycles. The molecule has 1 N–H and O–H groups in total. The van der Waals surface area contributed by atoms with E-state index >= 15 is 0 Å². The first kappa shape index (κ1) is 31.5. The Morgan fingerprint density at radius 3 is 2.24 bits per heavy atom. The van der Waals surface area contributed by atoms with Gasteiger partial charge in [-0.25, -0.2) is 8.42 Å². The van der Waals surface area contributed by atoms with Gasteiger partial charge < -0.3 is 33.2 Å². The molecular formula is C33H36N2O10S. The van der Waals surface area contributed by atoms with Crippen LogP contribution in [0.4, 0.5) is 0 Å². The number of amidine groups is 1. The maximum Gasteiger partial charge on any atom is 0.310 e. The first-order chi connectivity index (χ1) is 22.2. The molecule has 6 rings (SSSR count). The zero-order valence-electron chi connectivity index (χ0n) is 26.0. The zero-order valence-corrected chi connectivity index (χ0v) is 26.8. The van der Waals surface area contributed by atoms with Crippen LogP contribution in [0.5, 0.6) is 28.7 Å². The molecule has 0 aromatic heterocycles. The van der Waals surface area contributed by atoms with E-state index in [0.29, 0.717) is 35.3 Å². The van der Waals surface area contributed by atoms with Gasteiger partial charge in [0.2, 0.25) is 22.6 Å². The number of cyclic esters (lactones) is 1. The third-order valence-corrected chi connectivity index (χ3v) is 9.01. The van der Waals surface area contributed by atoms with Crippen LogP contribution in [0.3, 0.4) is 0 Å². The molecule has 0 spiro atoms. The number of fused-ring (bicyclic) bond motifs is 3. The highest BCUT2D eigenvalue weighted by molar-refractivity contribution is 7.89. The van der Waals surface area contributed by atoms with Crippen LogP contribution in [-0.4, -0.2) is 67.8 Å². The summed E-state index contributed by atoms with van der Waals surface area (Å²) in [7, 11) is 1.04.